The third-order valence-electron chi connectivity index (χ3n) is 4.87. The van der Waals surface area contributed by atoms with Crippen LogP contribution in [0, 0.1) is 13.8 Å². The summed E-state index contributed by atoms with van der Waals surface area (Å²) in [4.78, 5) is 23.4. The fraction of sp³-hybridized carbons (Fsp3) is 0.500. The predicted octanol–water partition coefficient (Wildman–Crippen LogP) is 2.66. The summed E-state index contributed by atoms with van der Waals surface area (Å²) in [5.41, 5.74) is 1.06. The maximum absolute atomic E-state index is 12.3. The lowest BCUT2D eigenvalue weighted by Crippen LogP contribution is -2.38. The molecule has 1 aliphatic heterocycles. The van der Waals surface area contributed by atoms with Crippen LogP contribution in [0.3, 0.4) is 0 Å². The Morgan fingerprint density at radius 3 is 2.67 bits per heavy atom. The molecule has 3 rings (SSSR count). The summed E-state index contributed by atoms with van der Waals surface area (Å²) < 4.78 is 16.8. The molecular formula is C22H30N4O4. The highest BCUT2D eigenvalue weighted by Gasteiger charge is 2.17. The van der Waals surface area contributed by atoms with Crippen LogP contribution < -0.4 is 24.4 Å². The van der Waals surface area contributed by atoms with Gasteiger partial charge in [-0.1, -0.05) is 6.07 Å². The smallest absolute Gasteiger partial charge is 0.260 e. The fourth-order valence-corrected chi connectivity index (χ4v) is 3.30. The van der Waals surface area contributed by atoms with Crippen LogP contribution in [-0.4, -0.2) is 55.3 Å². The van der Waals surface area contributed by atoms with Crippen molar-refractivity contribution in [3.8, 4) is 17.4 Å². The van der Waals surface area contributed by atoms with Crippen molar-refractivity contribution in [2.75, 3.05) is 38.3 Å². The molecule has 0 aliphatic carbocycles. The Kier molecular flexibility index (Phi) is 7.32. The van der Waals surface area contributed by atoms with Gasteiger partial charge in [-0.15, -0.1) is 0 Å². The number of amides is 1. The van der Waals surface area contributed by atoms with E-state index < -0.39 is 6.10 Å². The molecule has 1 N–H and O–H groups in total. The van der Waals surface area contributed by atoms with Crippen molar-refractivity contribution >= 4 is 11.7 Å². The van der Waals surface area contributed by atoms with Crippen molar-refractivity contribution < 1.29 is 19.0 Å². The van der Waals surface area contributed by atoms with Crippen LogP contribution in [0.2, 0.25) is 0 Å². The molecule has 1 unspecified atom stereocenters. The average molecular weight is 415 g/mol. The number of anilines is 1. The molecule has 8 nitrogen and oxygen atoms in total. The van der Waals surface area contributed by atoms with Gasteiger partial charge in [0.25, 0.3) is 5.91 Å². The van der Waals surface area contributed by atoms with Crippen molar-refractivity contribution in [3.05, 3.63) is 35.7 Å². The monoisotopic (exact) mass is 414 g/mol. The van der Waals surface area contributed by atoms with Crippen molar-refractivity contribution in [1.82, 2.24) is 15.3 Å². The van der Waals surface area contributed by atoms with Crippen LogP contribution in [0.5, 0.6) is 17.4 Å². The van der Waals surface area contributed by atoms with Gasteiger partial charge in [-0.05, 0) is 51.3 Å². The second-order valence-electron chi connectivity index (χ2n) is 7.36. The maximum Gasteiger partial charge on any atom is 0.260 e. The number of hydrogen-bond acceptors (Lipinski definition) is 7. The first-order valence-electron chi connectivity index (χ1n) is 10.3. The number of rotatable bonds is 9. The summed E-state index contributed by atoms with van der Waals surface area (Å²) in [6.45, 7) is 8.20. The van der Waals surface area contributed by atoms with E-state index in [1.54, 1.807) is 20.1 Å². The van der Waals surface area contributed by atoms with Crippen molar-refractivity contribution in [2.45, 2.75) is 39.7 Å². The van der Waals surface area contributed by atoms with E-state index in [9.17, 15) is 4.79 Å². The summed E-state index contributed by atoms with van der Waals surface area (Å²) in [7, 11) is 1.58. The Bertz CT molecular complexity index is 868. The van der Waals surface area contributed by atoms with Crippen LogP contribution in [-0.2, 0) is 4.79 Å². The summed E-state index contributed by atoms with van der Waals surface area (Å²) >= 11 is 0. The molecule has 162 valence electrons. The first kappa shape index (κ1) is 21.7. The second kappa shape index (κ2) is 10.1. The maximum atomic E-state index is 12.3. The largest absolute Gasteiger partial charge is 0.493 e. The quantitative estimate of drug-likeness (QED) is 0.631. The van der Waals surface area contributed by atoms with Gasteiger partial charge in [0.05, 0.1) is 13.7 Å². The first-order valence-corrected chi connectivity index (χ1v) is 10.3. The van der Waals surface area contributed by atoms with Crippen LogP contribution >= 0.6 is 0 Å². The van der Waals surface area contributed by atoms with Crippen LogP contribution in [0.4, 0.5) is 5.82 Å². The van der Waals surface area contributed by atoms with Gasteiger partial charge in [-0.25, -0.2) is 4.98 Å². The van der Waals surface area contributed by atoms with Gasteiger partial charge in [-0.3, -0.25) is 4.79 Å². The summed E-state index contributed by atoms with van der Waals surface area (Å²) in [5.74, 6) is 3.00. The van der Waals surface area contributed by atoms with Crippen molar-refractivity contribution in [2.24, 2.45) is 0 Å². The number of aryl methyl sites for hydroxylation is 2. The summed E-state index contributed by atoms with van der Waals surface area (Å²) in [5, 5.41) is 2.82. The predicted molar refractivity (Wildman–Crippen MR) is 115 cm³/mol. The van der Waals surface area contributed by atoms with Crippen LogP contribution in [0.1, 0.15) is 31.2 Å². The topological polar surface area (TPSA) is 85.8 Å². The van der Waals surface area contributed by atoms with Crippen molar-refractivity contribution in [1.29, 1.82) is 0 Å². The normalized spacial score (nSPS) is 14.3. The molecule has 0 saturated carbocycles. The molecule has 1 fully saturated rings. The zero-order valence-electron chi connectivity index (χ0n) is 18.1. The molecule has 2 aromatic rings. The fourth-order valence-electron chi connectivity index (χ4n) is 3.30. The minimum atomic E-state index is -0.662. The molecule has 1 saturated heterocycles. The Balaban J connectivity index is 1.46. The van der Waals surface area contributed by atoms with Gasteiger partial charge in [0, 0.05) is 19.2 Å². The highest BCUT2D eigenvalue weighted by Crippen LogP contribution is 2.28. The average Bonchev–Trinajstić information content (AvgIpc) is 3.27. The number of hydrogen-bond donors (Lipinski definition) is 1. The lowest BCUT2D eigenvalue weighted by atomic mass is 10.2. The van der Waals surface area contributed by atoms with E-state index in [1.807, 2.05) is 32.0 Å². The van der Waals surface area contributed by atoms with Gasteiger partial charge in [-0.2, -0.15) is 4.98 Å². The van der Waals surface area contributed by atoms with Gasteiger partial charge in [0.1, 0.15) is 18.2 Å². The SMILES string of the molecule is COc1cc(C)ccc1OC(C)C(=O)NCCOc1cc(N2CCCC2)nc(C)n1. The van der Waals surface area contributed by atoms with E-state index in [2.05, 4.69) is 20.2 Å². The lowest BCUT2D eigenvalue weighted by molar-refractivity contribution is -0.127. The number of benzene rings is 1. The lowest BCUT2D eigenvalue weighted by Gasteiger charge is -2.18. The van der Waals surface area contributed by atoms with E-state index >= 15 is 0 Å². The molecule has 0 radical (unpaired) electrons. The van der Waals surface area contributed by atoms with Crippen LogP contribution in [0.15, 0.2) is 24.3 Å². The minimum absolute atomic E-state index is 0.224. The third-order valence-corrected chi connectivity index (χ3v) is 4.87. The Labute approximate surface area is 177 Å². The zero-order chi connectivity index (χ0) is 21.5. The van der Waals surface area contributed by atoms with E-state index in [0.717, 1.165) is 24.5 Å². The van der Waals surface area contributed by atoms with Gasteiger partial charge < -0.3 is 24.4 Å². The molecule has 1 atom stereocenters. The number of nitrogens with one attached hydrogen (secondary N) is 1. The van der Waals surface area contributed by atoms with Crippen molar-refractivity contribution in [3.63, 3.8) is 0 Å². The molecular weight excluding hydrogens is 384 g/mol. The van der Waals surface area contributed by atoms with Gasteiger partial charge in [0.15, 0.2) is 17.6 Å². The Morgan fingerprint density at radius 2 is 1.93 bits per heavy atom. The molecule has 1 amide bonds. The Hall–Kier alpha value is -3.03. The van der Waals surface area contributed by atoms with Crippen LogP contribution in [0.25, 0.3) is 0 Å². The van der Waals surface area contributed by atoms with Gasteiger partial charge >= 0.3 is 0 Å². The molecule has 2 heterocycles. The number of ether oxygens (including phenoxy) is 3. The van der Waals surface area contributed by atoms with E-state index in [1.165, 1.54) is 12.8 Å². The standard InChI is InChI=1S/C22H30N4O4/c1-15-7-8-18(19(13-15)28-4)30-16(2)22(27)23-9-12-29-21-14-20(24-17(3)25-21)26-10-5-6-11-26/h7-8,13-14,16H,5-6,9-12H2,1-4H3,(H,23,27). The first-order chi connectivity index (χ1) is 14.5. The molecule has 8 heteroatoms. The molecule has 0 spiro atoms. The third kappa shape index (κ3) is 5.75. The summed E-state index contributed by atoms with van der Waals surface area (Å²) in [6.07, 6.45) is 1.70. The van der Waals surface area contributed by atoms with E-state index in [0.29, 0.717) is 36.4 Å². The minimum Gasteiger partial charge on any atom is -0.493 e. The number of methoxy groups -OCH3 is 1. The Morgan fingerprint density at radius 1 is 1.17 bits per heavy atom. The van der Waals surface area contributed by atoms with E-state index in [-0.39, 0.29) is 5.91 Å². The molecule has 0 bridgehead atoms. The highest BCUT2D eigenvalue weighted by molar-refractivity contribution is 5.80. The number of aromatic nitrogens is 2. The zero-order valence-corrected chi connectivity index (χ0v) is 18.1. The van der Waals surface area contributed by atoms with E-state index in [4.69, 9.17) is 14.2 Å². The molecule has 30 heavy (non-hydrogen) atoms. The van der Waals surface area contributed by atoms with Gasteiger partial charge in [0.2, 0.25) is 5.88 Å². The molecule has 1 aliphatic rings. The second-order valence-corrected chi connectivity index (χ2v) is 7.36. The highest BCUT2D eigenvalue weighted by atomic mass is 16.5. The number of carbonyl (C=O) groups excluding carboxylic acids is 1. The summed E-state index contributed by atoms with van der Waals surface area (Å²) in [6, 6.07) is 7.44. The molecule has 1 aromatic heterocycles. The number of nitrogens with zero attached hydrogens (tertiary/aromatic N) is 3. The molecule has 1 aromatic carbocycles. The number of carbonyl (C=O) groups is 1.